The molecule has 2 heterocycles. The van der Waals surface area contributed by atoms with Gasteiger partial charge in [0, 0.05) is 44.6 Å². The molecule has 2 aromatic carbocycles. The molecule has 5 nitrogen and oxygen atoms in total. The number of benzene rings is 2. The number of piperidine rings is 2. The van der Waals surface area contributed by atoms with Gasteiger partial charge in [-0.25, -0.2) is 4.39 Å². The first-order chi connectivity index (χ1) is 16.1. The lowest BCUT2D eigenvalue weighted by Gasteiger charge is -2.50. The Hall–Kier alpha value is -2.58. The summed E-state index contributed by atoms with van der Waals surface area (Å²) in [6.07, 6.45) is 1.10. The second-order valence-corrected chi connectivity index (χ2v) is 9.46. The zero-order valence-electron chi connectivity index (χ0n) is 18.7. The highest BCUT2D eigenvalue weighted by molar-refractivity contribution is 6.24. The first-order valence-corrected chi connectivity index (χ1v) is 11.5. The van der Waals surface area contributed by atoms with Crippen molar-refractivity contribution in [3.63, 3.8) is 0 Å². The van der Waals surface area contributed by atoms with Crippen molar-refractivity contribution in [2.24, 2.45) is 5.41 Å². The van der Waals surface area contributed by atoms with Crippen LogP contribution >= 0.6 is 11.6 Å². The summed E-state index contributed by atoms with van der Waals surface area (Å²) < 4.78 is 48.2. The molecule has 1 spiro atoms. The summed E-state index contributed by atoms with van der Waals surface area (Å²) in [6.45, 7) is 0.716. The molecule has 2 aliphatic rings. The molecule has 2 fully saturated rings. The van der Waals surface area contributed by atoms with E-state index in [1.165, 1.54) is 41.3 Å². The van der Waals surface area contributed by atoms with Crippen molar-refractivity contribution in [3.8, 4) is 0 Å². The third-order valence-corrected chi connectivity index (χ3v) is 7.53. The average molecular weight is 495 g/mol. The van der Waals surface area contributed by atoms with Crippen LogP contribution < -0.4 is 5.32 Å². The Morgan fingerprint density at radius 2 is 1.74 bits per heavy atom. The van der Waals surface area contributed by atoms with Crippen LogP contribution in [0.15, 0.2) is 54.6 Å². The Morgan fingerprint density at radius 3 is 2.29 bits per heavy atom. The molecular formula is C25H26ClF3N2O3. The number of amides is 2. The van der Waals surface area contributed by atoms with E-state index < -0.39 is 22.3 Å². The van der Waals surface area contributed by atoms with Gasteiger partial charge in [-0.2, -0.15) is 8.78 Å². The molecule has 2 atom stereocenters. The molecular weight excluding hydrogens is 469 g/mol. The van der Waals surface area contributed by atoms with E-state index in [1.54, 1.807) is 18.2 Å². The fourth-order valence-corrected chi connectivity index (χ4v) is 5.68. The van der Waals surface area contributed by atoms with Gasteiger partial charge in [-0.1, -0.05) is 42.5 Å². The van der Waals surface area contributed by atoms with E-state index in [0.717, 1.165) is 12.7 Å². The van der Waals surface area contributed by atoms with Crippen LogP contribution in [-0.4, -0.2) is 48.8 Å². The van der Waals surface area contributed by atoms with Gasteiger partial charge in [0.15, 0.2) is 0 Å². The monoisotopic (exact) mass is 494 g/mol. The van der Waals surface area contributed by atoms with Crippen molar-refractivity contribution in [3.05, 3.63) is 71.5 Å². The largest absolute Gasteiger partial charge is 0.363 e. The van der Waals surface area contributed by atoms with E-state index in [9.17, 15) is 22.8 Å². The minimum absolute atomic E-state index is 0.0379. The fraction of sp³-hybridized carbons (Fsp3) is 0.440. The summed E-state index contributed by atoms with van der Waals surface area (Å²) in [5, 5.41) is -1.13. The first kappa shape index (κ1) is 24.5. The third kappa shape index (κ3) is 4.18. The maximum Gasteiger partial charge on any atom is 0.363 e. The third-order valence-electron chi connectivity index (χ3n) is 7.26. The van der Waals surface area contributed by atoms with Gasteiger partial charge >= 0.3 is 5.38 Å². The highest BCUT2D eigenvalue weighted by atomic mass is 35.5. The highest BCUT2D eigenvalue weighted by Gasteiger charge is 2.62. The van der Waals surface area contributed by atoms with Crippen molar-refractivity contribution in [1.82, 2.24) is 10.2 Å². The Bertz CT molecular complexity index is 1040. The van der Waals surface area contributed by atoms with Crippen molar-refractivity contribution in [2.75, 3.05) is 26.7 Å². The quantitative estimate of drug-likeness (QED) is 0.626. The number of carbonyl (C=O) groups excluding carboxylic acids is 2. The molecule has 2 amide bonds. The van der Waals surface area contributed by atoms with E-state index in [4.69, 9.17) is 16.3 Å². The standard InChI is InChI=1S/C25H26ClF3N2O3/c1-34-24(25(26,28)29,18-5-3-2-4-6-18)22(33)31-13-11-23(12-14-31)15-21(32)30-16-20(23)17-7-9-19(27)10-8-17/h2-10,20H,11-16H2,1H3,(H,30,32)/t20-,24-/m0/s1. The van der Waals surface area contributed by atoms with Crippen LogP contribution in [0, 0.1) is 11.2 Å². The number of nitrogens with one attached hydrogen (secondary N) is 1. The second kappa shape index (κ2) is 9.23. The van der Waals surface area contributed by atoms with Crippen molar-refractivity contribution >= 4 is 23.4 Å². The summed E-state index contributed by atoms with van der Waals surface area (Å²) in [4.78, 5) is 27.2. The molecule has 182 valence electrons. The fourth-order valence-electron chi connectivity index (χ4n) is 5.41. The SMILES string of the molecule is CO[C@](C(=O)N1CCC2(CC1)CC(=O)NC[C@H]2c1ccc(F)cc1)(c1ccccc1)C(F)(F)Cl. The van der Waals surface area contributed by atoms with Crippen molar-refractivity contribution < 1.29 is 27.5 Å². The topological polar surface area (TPSA) is 58.6 Å². The number of carbonyl (C=O) groups is 2. The van der Waals surface area contributed by atoms with E-state index in [-0.39, 0.29) is 42.7 Å². The van der Waals surface area contributed by atoms with Crippen LogP contribution in [0.1, 0.15) is 36.3 Å². The van der Waals surface area contributed by atoms with Gasteiger partial charge in [0.05, 0.1) is 0 Å². The number of ether oxygens (including phenoxy) is 1. The van der Waals surface area contributed by atoms with Crippen molar-refractivity contribution in [1.29, 1.82) is 0 Å². The number of nitrogens with zero attached hydrogens (tertiary/aromatic N) is 1. The van der Waals surface area contributed by atoms with Gasteiger partial charge in [0.1, 0.15) is 5.82 Å². The molecule has 0 unspecified atom stereocenters. The number of halogens is 4. The number of methoxy groups -OCH3 is 1. The normalized spacial score (nSPS) is 22.2. The summed E-state index contributed by atoms with van der Waals surface area (Å²) in [5.74, 6) is -1.45. The molecule has 0 bridgehead atoms. The van der Waals surface area contributed by atoms with E-state index in [2.05, 4.69) is 5.32 Å². The number of hydrogen-bond acceptors (Lipinski definition) is 3. The maximum absolute atomic E-state index is 14.8. The van der Waals surface area contributed by atoms with Crippen LogP contribution in [0.5, 0.6) is 0 Å². The Kier molecular flexibility index (Phi) is 6.66. The summed E-state index contributed by atoms with van der Waals surface area (Å²) in [5.41, 5.74) is -2.29. The number of rotatable bonds is 5. The van der Waals surface area contributed by atoms with Crippen LogP contribution in [0.3, 0.4) is 0 Å². The van der Waals surface area contributed by atoms with Crippen molar-refractivity contribution in [2.45, 2.75) is 36.2 Å². The highest BCUT2D eigenvalue weighted by Crippen LogP contribution is 2.50. The predicted molar refractivity (Wildman–Crippen MR) is 121 cm³/mol. The van der Waals surface area contributed by atoms with Gasteiger partial charge < -0.3 is 15.0 Å². The molecule has 0 aromatic heterocycles. The molecule has 2 aliphatic heterocycles. The molecule has 4 rings (SSSR count). The molecule has 0 saturated carbocycles. The average Bonchev–Trinajstić information content (AvgIpc) is 2.81. The molecule has 0 aliphatic carbocycles. The van der Waals surface area contributed by atoms with Gasteiger partial charge in [-0.3, -0.25) is 9.59 Å². The second-order valence-electron chi connectivity index (χ2n) is 8.99. The van der Waals surface area contributed by atoms with Crippen LogP contribution in [0.2, 0.25) is 0 Å². The Balaban J connectivity index is 1.61. The zero-order chi connectivity index (χ0) is 24.6. The molecule has 34 heavy (non-hydrogen) atoms. The summed E-state index contributed by atoms with van der Waals surface area (Å²) in [6, 6.07) is 13.7. The van der Waals surface area contributed by atoms with Crippen LogP contribution in [-0.2, 0) is 19.9 Å². The molecule has 0 radical (unpaired) electrons. The predicted octanol–water partition coefficient (Wildman–Crippen LogP) is 4.41. The molecule has 2 saturated heterocycles. The minimum Gasteiger partial charge on any atom is -0.358 e. The van der Waals surface area contributed by atoms with Crippen LogP contribution in [0.4, 0.5) is 13.2 Å². The number of likely N-dealkylation sites (tertiary alicyclic amines) is 1. The van der Waals surface area contributed by atoms with Gasteiger partial charge in [-0.05, 0) is 47.6 Å². The molecule has 9 heteroatoms. The van der Waals surface area contributed by atoms with Gasteiger partial charge in [-0.15, -0.1) is 0 Å². The van der Waals surface area contributed by atoms with Gasteiger partial charge in [0.25, 0.3) is 11.5 Å². The number of hydrogen-bond donors (Lipinski definition) is 1. The first-order valence-electron chi connectivity index (χ1n) is 11.1. The number of alkyl halides is 3. The lowest BCUT2D eigenvalue weighted by molar-refractivity contribution is -0.191. The van der Waals surface area contributed by atoms with Gasteiger partial charge in [0.2, 0.25) is 5.91 Å². The van der Waals surface area contributed by atoms with E-state index in [1.807, 2.05) is 0 Å². The smallest absolute Gasteiger partial charge is 0.358 e. The molecule has 1 N–H and O–H groups in total. The van der Waals surface area contributed by atoms with E-state index in [0.29, 0.717) is 19.4 Å². The lowest BCUT2D eigenvalue weighted by Crippen LogP contribution is -2.60. The minimum atomic E-state index is -4.00. The lowest BCUT2D eigenvalue weighted by atomic mass is 9.62. The summed E-state index contributed by atoms with van der Waals surface area (Å²) >= 11 is 5.49. The Morgan fingerprint density at radius 1 is 1.12 bits per heavy atom. The maximum atomic E-state index is 14.8. The Labute approximate surface area is 201 Å². The molecule has 2 aromatic rings. The van der Waals surface area contributed by atoms with E-state index >= 15 is 0 Å². The summed E-state index contributed by atoms with van der Waals surface area (Å²) in [7, 11) is 1.04. The van der Waals surface area contributed by atoms with Crippen LogP contribution in [0.25, 0.3) is 0 Å². The zero-order valence-corrected chi connectivity index (χ0v) is 19.5.